The summed E-state index contributed by atoms with van der Waals surface area (Å²) in [5.74, 6) is -7.50. The molecule has 8 atom stereocenters. The Morgan fingerprint density at radius 1 is 0.855 bits per heavy atom. The average Bonchev–Trinajstić information content (AvgIpc) is 3.80. The number of H-pyrrole nitrogens is 1. The van der Waals surface area contributed by atoms with E-state index in [2.05, 4.69) is 36.6 Å². The number of aromatic nitrogens is 2. The molecule has 0 radical (unpaired) electrons. The number of aromatic amines is 1. The van der Waals surface area contributed by atoms with Gasteiger partial charge in [-0.05, 0) is 44.4 Å². The third-order valence-corrected chi connectivity index (χ3v) is 8.73. The highest BCUT2D eigenvalue weighted by molar-refractivity contribution is 5.97. The number of nitrogens with two attached hydrogens (primary N) is 2. The Morgan fingerprint density at radius 3 is 1.89 bits per heavy atom. The van der Waals surface area contributed by atoms with Crippen LogP contribution in [0.1, 0.15) is 72.4 Å². The number of hydrogen-bond acceptors (Lipinski definition) is 12. The Hall–Kier alpha value is -5.15. The number of nitrogens with one attached hydrogen (secondary N) is 6. The molecule has 55 heavy (non-hydrogen) atoms. The van der Waals surface area contributed by atoms with Crippen LogP contribution in [-0.4, -0.2) is 139 Å². The number of likely N-dealkylation sites (tertiary alicyclic amines) is 1. The zero-order valence-electron chi connectivity index (χ0n) is 31.7. The van der Waals surface area contributed by atoms with E-state index in [1.54, 1.807) is 27.7 Å². The Morgan fingerprint density at radius 2 is 1.40 bits per heavy atom. The number of carboxylic acids is 1. The van der Waals surface area contributed by atoms with E-state index < -0.39 is 109 Å². The molecule has 21 heteroatoms. The molecule has 13 N–H and O–H groups in total. The summed E-state index contributed by atoms with van der Waals surface area (Å²) in [4.78, 5) is 111. The lowest BCUT2D eigenvalue weighted by Crippen LogP contribution is -2.62. The molecule has 1 fully saturated rings. The highest BCUT2D eigenvalue weighted by Gasteiger charge is 2.39. The van der Waals surface area contributed by atoms with Gasteiger partial charge < -0.3 is 63.3 Å². The lowest BCUT2D eigenvalue weighted by Gasteiger charge is -2.30. The first-order valence-electron chi connectivity index (χ1n) is 18.1. The summed E-state index contributed by atoms with van der Waals surface area (Å²) in [7, 11) is 0. The van der Waals surface area contributed by atoms with Crippen LogP contribution < -0.4 is 38.1 Å². The largest absolute Gasteiger partial charge is 0.480 e. The molecule has 21 nitrogen and oxygen atoms in total. The van der Waals surface area contributed by atoms with E-state index >= 15 is 0 Å². The van der Waals surface area contributed by atoms with Crippen molar-refractivity contribution in [1.29, 1.82) is 0 Å². The Labute approximate surface area is 318 Å². The van der Waals surface area contributed by atoms with Crippen molar-refractivity contribution in [2.24, 2.45) is 23.3 Å². The number of aliphatic hydroxyl groups excluding tert-OH is 2. The minimum absolute atomic E-state index is 0.0320. The van der Waals surface area contributed by atoms with Crippen molar-refractivity contribution >= 4 is 47.3 Å². The molecule has 2 rings (SSSR count). The van der Waals surface area contributed by atoms with E-state index in [0.717, 1.165) is 0 Å². The molecule has 1 saturated heterocycles. The average molecular weight is 781 g/mol. The number of nitrogens with zero attached hydrogens (tertiary/aromatic N) is 2. The normalized spacial score (nSPS) is 17.9. The highest BCUT2D eigenvalue weighted by Crippen LogP contribution is 2.20. The van der Waals surface area contributed by atoms with Gasteiger partial charge in [0.25, 0.3) is 0 Å². The quantitative estimate of drug-likeness (QED) is 0.0537. The van der Waals surface area contributed by atoms with Crippen molar-refractivity contribution in [3.63, 3.8) is 0 Å². The number of hydrogen-bond donors (Lipinski definition) is 11. The van der Waals surface area contributed by atoms with Crippen molar-refractivity contribution in [1.82, 2.24) is 41.5 Å². The number of imidazole rings is 1. The first kappa shape index (κ1) is 46.0. The SMILES string of the molecule is CC(C)C[C@H](NC(=O)[C@@H](NC(=O)[C@H](Cc1cnc[nH]1)NC(=O)[C@H](CC(C)C)NC(=O)[C@@H]1CCCN1C(=O)[C@@H](N)CC(N)=O)[C@@H](C)O)C(=O)N[C@@H](CO)C(=O)O. The second-order valence-corrected chi connectivity index (χ2v) is 14.5. The van der Waals surface area contributed by atoms with Crippen molar-refractivity contribution < 1.29 is 53.7 Å². The van der Waals surface area contributed by atoms with Gasteiger partial charge in [-0.1, -0.05) is 27.7 Å². The van der Waals surface area contributed by atoms with Gasteiger partial charge in [-0.25, -0.2) is 9.78 Å². The summed E-state index contributed by atoms with van der Waals surface area (Å²) < 4.78 is 0. The maximum Gasteiger partial charge on any atom is 0.328 e. The third kappa shape index (κ3) is 14.5. The predicted octanol–water partition coefficient (Wildman–Crippen LogP) is -3.88. The standard InChI is InChI=1S/C34H56N10O11/c1-16(2)9-21(40-31(51)25-7-6-8-44(25)33(53)20(35)12-26(36)47)28(48)39-23(11-19-13-37-15-38-19)30(50)43-27(18(5)46)32(52)41-22(10-17(3)4)29(49)42-24(14-45)34(54)55/h13,15-18,20-25,27,45-46H,6-12,14,35H2,1-5H3,(H2,36,47)(H,37,38)(H,39,48)(H,40,51)(H,41,52)(H,42,49)(H,43,50)(H,54,55)/t18-,20+,21+,22+,23+,24+,25+,27+/m1/s1. The molecule has 1 aliphatic heterocycles. The monoisotopic (exact) mass is 780 g/mol. The lowest BCUT2D eigenvalue weighted by atomic mass is 10.0. The Kier molecular flexibility index (Phi) is 18.1. The summed E-state index contributed by atoms with van der Waals surface area (Å²) in [6.45, 7) is 7.59. The molecule has 0 bridgehead atoms. The maximum atomic E-state index is 13.8. The second-order valence-electron chi connectivity index (χ2n) is 14.5. The van der Waals surface area contributed by atoms with Gasteiger partial charge >= 0.3 is 5.97 Å². The van der Waals surface area contributed by atoms with E-state index in [0.29, 0.717) is 12.1 Å². The van der Waals surface area contributed by atoms with Crippen LogP contribution >= 0.6 is 0 Å². The zero-order chi connectivity index (χ0) is 41.6. The number of carbonyl (C=O) groups excluding carboxylic acids is 7. The van der Waals surface area contributed by atoms with Crippen molar-refractivity contribution in [3.8, 4) is 0 Å². The Balaban J connectivity index is 2.30. The number of primary amides is 1. The van der Waals surface area contributed by atoms with E-state index in [4.69, 9.17) is 11.5 Å². The number of rotatable bonds is 22. The zero-order valence-corrected chi connectivity index (χ0v) is 31.7. The molecule has 2 heterocycles. The van der Waals surface area contributed by atoms with Crippen molar-refractivity contribution in [3.05, 3.63) is 18.2 Å². The molecule has 0 spiro atoms. The van der Waals surface area contributed by atoms with Crippen LogP contribution in [0.2, 0.25) is 0 Å². The smallest absolute Gasteiger partial charge is 0.328 e. The van der Waals surface area contributed by atoms with Crippen molar-refractivity contribution in [2.45, 2.75) is 122 Å². The van der Waals surface area contributed by atoms with Crippen LogP contribution in [0.3, 0.4) is 0 Å². The summed E-state index contributed by atoms with van der Waals surface area (Å²) in [5.41, 5.74) is 11.4. The first-order chi connectivity index (χ1) is 25.7. The fourth-order valence-corrected chi connectivity index (χ4v) is 5.97. The maximum absolute atomic E-state index is 13.8. The van der Waals surface area contributed by atoms with Gasteiger partial charge in [0.2, 0.25) is 41.4 Å². The number of carboxylic acid groups (broad SMARTS) is 1. The number of amides is 7. The number of aliphatic carboxylic acids is 1. The second kappa shape index (κ2) is 21.7. The molecule has 308 valence electrons. The molecule has 1 aliphatic rings. The number of aliphatic hydroxyl groups is 2. The van der Waals surface area contributed by atoms with Gasteiger partial charge in [0.1, 0.15) is 36.3 Å². The topological polar surface area (TPSA) is 341 Å². The molecule has 1 aromatic heterocycles. The minimum atomic E-state index is -1.66. The predicted molar refractivity (Wildman–Crippen MR) is 194 cm³/mol. The number of carbonyl (C=O) groups is 8. The van der Waals surface area contributed by atoms with Crippen LogP contribution in [0, 0.1) is 11.8 Å². The fraction of sp³-hybridized carbons (Fsp3) is 0.676. The summed E-state index contributed by atoms with van der Waals surface area (Å²) in [6, 6.07) is -9.45. The van der Waals surface area contributed by atoms with Gasteiger partial charge in [0, 0.05) is 24.9 Å². The van der Waals surface area contributed by atoms with Gasteiger partial charge in [-0.15, -0.1) is 0 Å². The molecule has 0 aromatic carbocycles. The third-order valence-electron chi connectivity index (χ3n) is 8.73. The summed E-state index contributed by atoms with van der Waals surface area (Å²) >= 11 is 0. The van der Waals surface area contributed by atoms with Crippen LogP contribution in [0.25, 0.3) is 0 Å². The molecule has 1 aromatic rings. The summed E-state index contributed by atoms with van der Waals surface area (Å²) in [6.07, 6.45) is 1.52. The van der Waals surface area contributed by atoms with E-state index in [-0.39, 0.29) is 44.1 Å². The summed E-state index contributed by atoms with van der Waals surface area (Å²) in [5, 5.41) is 41.5. The highest BCUT2D eigenvalue weighted by atomic mass is 16.4. The molecular formula is C34H56N10O11. The van der Waals surface area contributed by atoms with E-state index in [1.807, 2.05) is 0 Å². The molecule has 0 unspecified atom stereocenters. The lowest BCUT2D eigenvalue weighted by molar-refractivity contribution is -0.143. The van der Waals surface area contributed by atoms with Gasteiger partial charge in [-0.2, -0.15) is 0 Å². The van der Waals surface area contributed by atoms with E-state index in [9.17, 15) is 53.7 Å². The Bertz CT molecular complexity index is 1500. The van der Waals surface area contributed by atoms with Crippen LogP contribution in [0.15, 0.2) is 12.5 Å². The van der Waals surface area contributed by atoms with Crippen LogP contribution in [0.5, 0.6) is 0 Å². The molecule has 7 amide bonds. The van der Waals surface area contributed by atoms with Crippen molar-refractivity contribution in [2.75, 3.05) is 13.2 Å². The van der Waals surface area contributed by atoms with Gasteiger partial charge in [0.15, 0.2) is 0 Å². The van der Waals surface area contributed by atoms with Gasteiger partial charge in [-0.3, -0.25) is 33.6 Å². The van der Waals surface area contributed by atoms with Crippen LogP contribution in [0.4, 0.5) is 0 Å². The van der Waals surface area contributed by atoms with Crippen LogP contribution in [-0.2, 0) is 44.8 Å². The molecular weight excluding hydrogens is 724 g/mol. The first-order valence-corrected chi connectivity index (χ1v) is 18.1. The van der Waals surface area contributed by atoms with Gasteiger partial charge in [0.05, 0.1) is 31.5 Å². The minimum Gasteiger partial charge on any atom is -0.480 e. The van der Waals surface area contributed by atoms with E-state index in [1.165, 1.54) is 24.3 Å². The molecule has 0 saturated carbocycles. The molecule has 0 aliphatic carbocycles. The fourth-order valence-electron chi connectivity index (χ4n) is 5.97.